The average Bonchev–Trinajstić information content (AvgIpc) is 3.00. The zero-order valence-corrected chi connectivity index (χ0v) is 16.0. The second-order valence-electron chi connectivity index (χ2n) is 6.90. The number of phenols is 1. The van der Waals surface area contributed by atoms with Crippen molar-refractivity contribution in [3.63, 3.8) is 0 Å². The number of phenolic OH excluding ortho intramolecular Hbond substituents is 1. The zero-order valence-electron chi connectivity index (χ0n) is 16.0. The van der Waals surface area contributed by atoms with Crippen LogP contribution in [0.4, 0.5) is 10.2 Å². The molecule has 0 amide bonds. The lowest BCUT2D eigenvalue weighted by atomic mass is 10.2. The van der Waals surface area contributed by atoms with Gasteiger partial charge in [0.1, 0.15) is 17.4 Å². The molecule has 4 aromatic rings. The van der Waals surface area contributed by atoms with E-state index in [-0.39, 0.29) is 11.6 Å². The van der Waals surface area contributed by atoms with Crippen molar-refractivity contribution in [2.75, 3.05) is 5.32 Å². The Morgan fingerprint density at radius 2 is 1.82 bits per heavy atom. The molecule has 4 rings (SSSR count). The van der Waals surface area contributed by atoms with E-state index in [1.54, 1.807) is 18.2 Å². The molecule has 0 aliphatic heterocycles. The fourth-order valence-electron chi connectivity index (χ4n) is 3.33. The van der Waals surface area contributed by atoms with Crippen LogP contribution in [0.1, 0.15) is 22.5 Å². The Hall–Kier alpha value is -3.41. The number of benzene rings is 2. The second-order valence-corrected chi connectivity index (χ2v) is 6.90. The monoisotopic (exact) mass is 376 g/mol. The first-order valence-electron chi connectivity index (χ1n) is 9.08. The van der Waals surface area contributed by atoms with E-state index in [2.05, 4.69) is 10.3 Å². The number of hydrogen-bond donors (Lipinski definition) is 2. The Morgan fingerprint density at radius 1 is 1.04 bits per heavy atom. The number of nitrogens with zero attached hydrogens (tertiary/aromatic N) is 3. The van der Waals surface area contributed by atoms with Crippen LogP contribution in [-0.2, 0) is 6.54 Å². The maximum Gasteiger partial charge on any atom is 0.236 e. The summed E-state index contributed by atoms with van der Waals surface area (Å²) in [5.74, 6) is 1.20. The van der Waals surface area contributed by atoms with Crippen molar-refractivity contribution in [3.8, 4) is 11.7 Å². The first-order valence-corrected chi connectivity index (χ1v) is 9.08. The summed E-state index contributed by atoms with van der Waals surface area (Å²) in [4.78, 5) is 9.37. The molecule has 2 aromatic heterocycles. The van der Waals surface area contributed by atoms with E-state index in [1.165, 1.54) is 12.1 Å². The highest BCUT2D eigenvalue weighted by atomic mass is 19.1. The third-order valence-corrected chi connectivity index (χ3v) is 4.93. The van der Waals surface area contributed by atoms with Crippen molar-refractivity contribution >= 4 is 16.7 Å². The highest BCUT2D eigenvalue weighted by Crippen LogP contribution is 2.30. The summed E-state index contributed by atoms with van der Waals surface area (Å²) in [5.41, 5.74) is 4.41. The zero-order chi connectivity index (χ0) is 19.8. The smallest absolute Gasteiger partial charge is 0.236 e. The third-order valence-electron chi connectivity index (χ3n) is 4.93. The molecule has 0 atom stereocenters. The first-order chi connectivity index (χ1) is 13.4. The van der Waals surface area contributed by atoms with Gasteiger partial charge in [-0.05, 0) is 56.7 Å². The van der Waals surface area contributed by atoms with Gasteiger partial charge in [0.25, 0.3) is 0 Å². The maximum absolute atomic E-state index is 13.4. The Balaban J connectivity index is 1.76. The van der Waals surface area contributed by atoms with Crippen LogP contribution in [-0.4, -0.2) is 19.6 Å². The van der Waals surface area contributed by atoms with E-state index >= 15 is 0 Å². The van der Waals surface area contributed by atoms with Gasteiger partial charge >= 0.3 is 0 Å². The van der Waals surface area contributed by atoms with Gasteiger partial charge in [0.05, 0.1) is 5.52 Å². The summed E-state index contributed by atoms with van der Waals surface area (Å²) in [6.45, 7) is 6.31. The number of halogens is 1. The molecule has 142 valence electrons. The molecule has 0 saturated heterocycles. The Kier molecular flexibility index (Phi) is 4.47. The molecule has 0 spiro atoms. The molecule has 0 saturated carbocycles. The van der Waals surface area contributed by atoms with Crippen molar-refractivity contribution in [1.29, 1.82) is 0 Å². The van der Waals surface area contributed by atoms with Crippen LogP contribution in [0.5, 0.6) is 5.75 Å². The Bertz CT molecular complexity index is 1180. The minimum absolute atomic E-state index is 0.229. The number of aryl methyl sites for hydroxylation is 2. The molecule has 28 heavy (non-hydrogen) atoms. The maximum atomic E-state index is 13.4. The molecule has 0 aliphatic carbocycles. The third kappa shape index (κ3) is 3.17. The number of nitrogens with one attached hydrogen (secondary N) is 1. The number of aromatic hydroxyl groups is 1. The number of rotatable bonds is 4. The molecule has 5 nitrogen and oxygen atoms in total. The summed E-state index contributed by atoms with van der Waals surface area (Å²) in [5, 5.41) is 14.2. The van der Waals surface area contributed by atoms with Crippen molar-refractivity contribution < 1.29 is 9.50 Å². The Labute approximate surface area is 162 Å². The lowest BCUT2D eigenvalue weighted by Gasteiger charge is -2.14. The summed E-state index contributed by atoms with van der Waals surface area (Å²) in [7, 11) is 0. The average molecular weight is 376 g/mol. The topological polar surface area (TPSA) is 63.0 Å². The van der Waals surface area contributed by atoms with Crippen LogP contribution >= 0.6 is 0 Å². The Morgan fingerprint density at radius 3 is 2.61 bits per heavy atom. The van der Waals surface area contributed by atoms with E-state index in [1.807, 2.05) is 43.5 Å². The first kappa shape index (κ1) is 18.0. The van der Waals surface area contributed by atoms with Gasteiger partial charge in [0.2, 0.25) is 5.95 Å². The van der Waals surface area contributed by atoms with Crippen molar-refractivity contribution in [2.45, 2.75) is 27.3 Å². The van der Waals surface area contributed by atoms with Gasteiger partial charge in [-0.2, -0.15) is 4.98 Å². The van der Waals surface area contributed by atoms with Crippen molar-refractivity contribution in [1.82, 2.24) is 14.5 Å². The van der Waals surface area contributed by atoms with Crippen LogP contribution in [0.15, 0.2) is 48.5 Å². The van der Waals surface area contributed by atoms with Crippen LogP contribution < -0.4 is 5.32 Å². The molecule has 2 N–H and O–H groups in total. The normalized spacial score (nSPS) is 11.1. The van der Waals surface area contributed by atoms with Gasteiger partial charge in [0, 0.05) is 28.9 Å². The molecule has 0 bridgehead atoms. The second kappa shape index (κ2) is 6.96. The van der Waals surface area contributed by atoms with E-state index in [0.717, 1.165) is 33.4 Å². The van der Waals surface area contributed by atoms with E-state index in [0.29, 0.717) is 18.3 Å². The molecular formula is C22H21FN4O. The van der Waals surface area contributed by atoms with Crippen LogP contribution in [0.2, 0.25) is 0 Å². The predicted octanol–water partition coefficient (Wildman–Crippen LogP) is 4.80. The number of fused-ring (bicyclic) bond motifs is 1. The van der Waals surface area contributed by atoms with E-state index < -0.39 is 0 Å². The predicted molar refractivity (Wildman–Crippen MR) is 108 cm³/mol. The van der Waals surface area contributed by atoms with Crippen LogP contribution in [0, 0.1) is 26.6 Å². The van der Waals surface area contributed by atoms with Crippen LogP contribution in [0.25, 0.3) is 16.9 Å². The fraction of sp³-hybridized carbons (Fsp3) is 0.182. The molecule has 0 unspecified atom stereocenters. The lowest BCUT2D eigenvalue weighted by molar-refractivity contribution is 0.481. The summed E-state index contributed by atoms with van der Waals surface area (Å²) in [6, 6.07) is 13.8. The highest BCUT2D eigenvalue weighted by molar-refractivity contribution is 5.88. The van der Waals surface area contributed by atoms with Crippen LogP contribution in [0.3, 0.4) is 0 Å². The molecule has 0 radical (unpaired) electrons. The number of anilines is 1. The molecule has 2 heterocycles. The van der Waals surface area contributed by atoms with Gasteiger partial charge in [0.15, 0.2) is 0 Å². The highest BCUT2D eigenvalue weighted by Gasteiger charge is 2.15. The SMILES string of the molecule is Cc1nc(-n2c(C)cc3c(O)cccc32)nc(NCc2cccc(F)c2)c1C. The minimum atomic E-state index is -0.259. The standard InChI is InChI=1S/C22H21FN4O/c1-13-10-18-19(8-5-9-20(18)28)27(13)22-25-15(3)14(2)21(26-22)24-12-16-6-4-7-17(23)11-16/h4-11,28H,12H2,1-3H3,(H,24,25,26). The summed E-state index contributed by atoms with van der Waals surface area (Å²) in [6.07, 6.45) is 0. The summed E-state index contributed by atoms with van der Waals surface area (Å²) < 4.78 is 15.4. The van der Waals surface area contributed by atoms with E-state index in [9.17, 15) is 9.50 Å². The number of aromatic nitrogens is 3. The van der Waals surface area contributed by atoms with Gasteiger partial charge < -0.3 is 10.4 Å². The van der Waals surface area contributed by atoms with Crippen molar-refractivity contribution in [2.24, 2.45) is 0 Å². The molecule has 2 aromatic carbocycles. The van der Waals surface area contributed by atoms with Crippen molar-refractivity contribution in [3.05, 3.63) is 76.9 Å². The largest absolute Gasteiger partial charge is 0.507 e. The quantitative estimate of drug-likeness (QED) is 0.537. The van der Waals surface area contributed by atoms with Gasteiger partial charge in [-0.15, -0.1) is 0 Å². The molecule has 0 fully saturated rings. The number of hydrogen-bond acceptors (Lipinski definition) is 4. The van der Waals surface area contributed by atoms with E-state index in [4.69, 9.17) is 4.98 Å². The molecule has 6 heteroatoms. The summed E-state index contributed by atoms with van der Waals surface area (Å²) >= 11 is 0. The van der Waals surface area contributed by atoms with Gasteiger partial charge in [-0.3, -0.25) is 4.57 Å². The lowest BCUT2D eigenvalue weighted by Crippen LogP contribution is -2.11. The van der Waals surface area contributed by atoms with Gasteiger partial charge in [-0.1, -0.05) is 18.2 Å². The molecular weight excluding hydrogens is 355 g/mol. The fourth-order valence-corrected chi connectivity index (χ4v) is 3.33. The molecule has 0 aliphatic rings. The van der Waals surface area contributed by atoms with Gasteiger partial charge in [-0.25, -0.2) is 9.37 Å². The minimum Gasteiger partial charge on any atom is -0.507 e.